The molecule has 0 spiro atoms. The van der Waals surface area contributed by atoms with Gasteiger partial charge in [-0.1, -0.05) is 0 Å². The van der Waals surface area contributed by atoms with E-state index in [1.165, 1.54) is 12.1 Å². The van der Waals surface area contributed by atoms with E-state index in [-0.39, 0.29) is 23.9 Å². The number of hydrogen-bond donors (Lipinski definition) is 1. The first-order valence-electron chi connectivity index (χ1n) is 7.00. The molecule has 1 aromatic carbocycles. The number of benzene rings is 1. The van der Waals surface area contributed by atoms with Crippen LogP contribution in [0.2, 0.25) is 0 Å². The lowest BCUT2D eigenvalue weighted by Crippen LogP contribution is -2.46. The first-order chi connectivity index (χ1) is 9.36. The van der Waals surface area contributed by atoms with Crippen LogP contribution in [0.3, 0.4) is 0 Å². The van der Waals surface area contributed by atoms with Gasteiger partial charge in [0, 0.05) is 19.1 Å². The molecule has 0 saturated carbocycles. The molecule has 0 radical (unpaired) electrons. The summed E-state index contributed by atoms with van der Waals surface area (Å²) in [6.07, 6.45) is 0.381. The summed E-state index contributed by atoms with van der Waals surface area (Å²) in [5.41, 5.74) is 6.30. The van der Waals surface area contributed by atoms with Crippen molar-refractivity contribution in [3.63, 3.8) is 0 Å². The van der Waals surface area contributed by atoms with Crippen molar-refractivity contribution < 1.29 is 13.5 Å². The summed E-state index contributed by atoms with van der Waals surface area (Å²) in [6, 6.07) is 2.64. The Morgan fingerprint density at radius 2 is 1.75 bits per heavy atom. The molecule has 1 saturated heterocycles. The van der Waals surface area contributed by atoms with Crippen molar-refractivity contribution in [3.05, 3.63) is 29.3 Å². The lowest BCUT2D eigenvalue weighted by molar-refractivity contribution is -0.00558. The molecule has 0 amide bonds. The fourth-order valence-corrected chi connectivity index (χ4v) is 2.77. The Bertz CT molecular complexity index is 446. The Hall–Kier alpha value is -1.20. The van der Waals surface area contributed by atoms with Crippen molar-refractivity contribution in [1.82, 2.24) is 0 Å². The molecule has 0 aliphatic carbocycles. The van der Waals surface area contributed by atoms with E-state index < -0.39 is 11.6 Å². The highest BCUT2D eigenvalue weighted by atomic mass is 19.1. The Kier molecular flexibility index (Phi) is 4.60. The molecule has 2 rings (SSSR count). The molecule has 1 aromatic rings. The summed E-state index contributed by atoms with van der Waals surface area (Å²) in [6.45, 7) is 6.61. The second-order valence-corrected chi connectivity index (χ2v) is 5.75. The maximum Gasteiger partial charge on any atom is 0.149 e. The van der Waals surface area contributed by atoms with Crippen LogP contribution in [0, 0.1) is 11.6 Å². The molecule has 3 nitrogen and oxygen atoms in total. The van der Waals surface area contributed by atoms with Crippen molar-refractivity contribution in [2.45, 2.75) is 45.4 Å². The highest BCUT2D eigenvalue weighted by Crippen LogP contribution is 2.28. The first-order valence-corrected chi connectivity index (χ1v) is 7.00. The molecule has 2 N–H and O–H groups in total. The number of halogens is 2. The van der Waals surface area contributed by atoms with Gasteiger partial charge in [0.2, 0.25) is 0 Å². The van der Waals surface area contributed by atoms with Gasteiger partial charge in [-0.2, -0.15) is 0 Å². The van der Waals surface area contributed by atoms with Gasteiger partial charge >= 0.3 is 0 Å². The quantitative estimate of drug-likeness (QED) is 0.926. The van der Waals surface area contributed by atoms with Crippen LogP contribution in [0.25, 0.3) is 0 Å². The monoisotopic (exact) mass is 284 g/mol. The van der Waals surface area contributed by atoms with Gasteiger partial charge in [-0.25, -0.2) is 8.78 Å². The van der Waals surface area contributed by atoms with Gasteiger partial charge in [0.25, 0.3) is 0 Å². The maximum absolute atomic E-state index is 14.2. The van der Waals surface area contributed by atoms with E-state index in [1.54, 1.807) is 4.90 Å². The molecule has 1 fully saturated rings. The van der Waals surface area contributed by atoms with E-state index in [4.69, 9.17) is 10.5 Å². The number of anilines is 1. The van der Waals surface area contributed by atoms with Crippen molar-refractivity contribution in [1.29, 1.82) is 0 Å². The molecular formula is C15H22F2N2O. The summed E-state index contributed by atoms with van der Waals surface area (Å²) in [5, 5.41) is 0. The van der Waals surface area contributed by atoms with Crippen molar-refractivity contribution in [2.24, 2.45) is 5.73 Å². The highest BCUT2D eigenvalue weighted by Gasteiger charge is 2.26. The largest absolute Gasteiger partial charge is 0.372 e. The van der Waals surface area contributed by atoms with E-state index in [9.17, 15) is 8.78 Å². The molecule has 0 aromatic heterocycles. The molecule has 5 heteroatoms. The van der Waals surface area contributed by atoms with E-state index in [0.29, 0.717) is 25.1 Å². The lowest BCUT2D eigenvalue weighted by Gasteiger charge is -2.37. The minimum absolute atomic E-state index is 0.0405. The molecule has 1 unspecified atom stereocenters. The SMILES string of the molecule is CC(N)Cc1cc(F)c(N2C[C@@H](C)O[C@@H](C)C2)c(F)c1. The zero-order chi connectivity index (χ0) is 14.9. The Labute approximate surface area is 118 Å². The minimum atomic E-state index is -0.526. The number of nitrogens with two attached hydrogens (primary N) is 1. The van der Waals surface area contributed by atoms with E-state index >= 15 is 0 Å². The van der Waals surface area contributed by atoms with Gasteiger partial charge in [0.1, 0.15) is 17.3 Å². The molecule has 1 aliphatic heterocycles. The van der Waals surface area contributed by atoms with Crippen LogP contribution >= 0.6 is 0 Å². The molecule has 20 heavy (non-hydrogen) atoms. The number of nitrogens with zero attached hydrogens (tertiary/aromatic N) is 1. The minimum Gasteiger partial charge on any atom is -0.372 e. The predicted molar refractivity (Wildman–Crippen MR) is 75.9 cm³/mol. The van der Waals surface area contributed by atoms with Crippen LogP contribution in [0.4, 0.5) is 14.5 Å². The molecule has 3 atom stereocenters. The van der Waals surface area contributed by atoms with E-state index in [1.807, 2.05) is 20.8 Å². The highest BCUT2D eigenvalue weighted by molar-refractivity contribution is 5.51. The third-order valence-corrected chi connectivity index (χ3v) is 3.37. The third-order valence-electron chi connectivity index (χ3n) is 3.37. The lowest BCUT2D eigenvalue weighted by atomic mass is 10.1. The van der Waals surface area contributed by atoms with Crippen LogP contribution in [-0.4, -0.2) is 31.3 Å². The van der Waals surface area contributed by atoms with Crippen LogP contribution in [0.15, 0.2) is 12.1 Å². The number of hydrogen-bond acceptors (Lipinski definition) is 3. The van der Waals surface area contributed by atoms with Gasteiger partial charge < -0.3 is 15.4 Å². The van der Waals surface area contributed by atoms with Gasteiger partial charge in [-0.05, 0) is 44.9 Å². The second-order valence-electron chi connectivity index (χ2n) is 5.75. The fraction of sp³-hybridized carbons (Fsp3) is 0.600. The summed E-state index contributed by atoms with van der Waals surface area (Å²) >= 11 is 0. The standard InChI is InChI=1S/C15H22F2N2O/c1-9(18)4-12-5-13(16)15(14(17)6-12)19-7-10(2)20-11(3)8-19/h5-6,9-11H,4,7-8,18H2,1-3H3/t9?,10-,11+. The van der Waals surface area contributed by atoms with Gasteiger partial charge in [0.05, 0.1) is 12.2 Å². The van der Waals surface area contributed by atoms with Crippen LogP contribution in [0.1, 0.15) is 26.3 Å². The summed E-state index contributed by atoms with van der Waals surface area (Å²) in [5.74, 6) is -1.05. The Balaban J connectivity index is 2.27. The average Bonchev–Trinajstić information content (AvgIpc) is 2.24. The number of ether oxygens (including phenoxy) is 1. The smallest absolute Gasteiger partial charge is 0.149 e. The van der Waals surface area contributed by atoms with E-state index in [2.05, 4.69) is 0 Å². The average molecular weight is 284 g/mol. The summed E-state index contributed by atoms with van der Waals surface area (Å²) in [7, 11) is 0. The Morgan fingerprint density at radius 1 is 1.25 bits per heavy atom. The fourth-order valence-electron chi connectivity index (χ4n) is 2.77. The maximum atomic E-state index is 14.2. The van der Waals surface area contributed by atoms with Crippen molar-refractivity contribution >= 4 is 5.69 Å². The zero-order valence-electron chi connectivity index (χ0n) is 12.2. The van der Waals surface area contributed by atoms with Crippen LogP contribution < -0.4 is 10.6 Å². The summed E-state index contributed by atoms with van der Waals surface area (Å²) < 4.78 is 34.1. The van der Waals surface area contributed by atoms with Gasteiger partial charge in [-0.3, -0.25) is 0 Å². The Morgan fingerprint density at radius 3 is 2.20 bits per heavy atom. The summed E-state index contributed by atoms with van der Waals surface area (Å²) in [4.78, 5) is 1.72. The number of morpholine rings is 1. The molecule has 1 aliphatic rings. The van der Waals surface area contributed by atoms with Crippen molar-refractivity contribution in [2.75, 3.05) is 18.0 Å². The normalized spacial score (nSPS) is 24.8. The van der Waals surface area contributed by atoms with Crippen molar-refractivity contribution in [3.8, 4) is 0 Å². The zero-order valence-corrected chi connectivity index (χ0v) is 12.2. The van der Waals surface area contributed by atoms with Gasteiger partial charge in [0.15, 0.2) is 0 Å². The topological polar surface area (TPSA) is 38.5 Å². The van der Waals surface area contributed by atoms with Gasteiger partial charge in [-0.15, -0.1) is 0 Å². The van der Waals surface area contributed by atoms with Crippen LogP contribution in [-0.2, 0) is 11.2 Å². The first kappa shape index (κ1) is 15.2. The van der Waals surface area contributed by atoms with Crippen LogP contribution in [0.5, 0.6) is 0 Å². The second kappa shape index (κ2) is 6.06. The number of rotatable bonds is 3. The molecule has 1 heterocycles. The molecular weight excluding hydrogens is 262 g/mol. The third kappa shape index (κ3) is 3.46. The molecule has 0 bridgehead atoms. The predicted octanol–water partition coefficient (Wildman–Crippen LogP) is 2.47. The molecule has 112 valence electrons. The van der Waals surface area contributed by atoms with E-state index in [0.717, 1.165) is 0 Å².